The third-order valence-electron chi connectivity index (χ3n) is 3.41. The maximum absolute atomic E-state index is 13.2. The van der Waals surface area contributed by atoms with Crippen molar-refractivity contribution in [2.24, 2.45) is 0 Å². The van der Waals surface area contributed by atoms with Crippen molar-refractivity contribution in [2.75, 3.05) is 9.84 Å². The molecule has 7 heteroatoms. The van der Waals surface area contributed by atoms with Gasteiger partial charge in [0.05, 0.1) is 16.4 Å². The first-order chi connectivity index (χ1) is 12.0. The Morgan fingerprint density at radius 1 is 0.800 bits per heavy atom. The summed E-state index contributed by atoms with van der Waals surface area (Å²) in [6, 6.07) is 22.0. The summed E-state index contributed by atoms with van der Waals surface area (Å²) in [6.45, 7) is 0. The topological polar surface area (TPSA) is 49.4 Å². The van der Waals surface area contributed by atoms with Crippen molar-refractivity contribution in [1.29, 1.82) is 0 Å². The third-order valence-corrected chi connectivity index (χ3v) is 5.76. The molecule has 3 rings (SSSR count). The molecule has 0 saturated heterocycles. The highest BCUT2D eigenvalue weighted by molar-refractivity contribution is 7.93. The number of halogens is 2. The van der Waals surface area contributed by atoms with Gasteiger partial charge in [0, 0.05) is 5.02 Å². The summed E-state index contributed by atoms with van der Waals surface area (Å²) in [4.78, 5) is -0.0750. The smallest absolute Gasteiger partial charge is 0.283 e. The molecule has 0 bridgehead atoms. The average Bonchev–Trinajstić information content (AvgIpc) is 2.63. The van der Waals surface area contributed by atoms with E-state index in [-0.39, 0.29) is 14.9 Å². The number of benzene rings is 3. The number of sulfonamides is 1. The maximum atomic E-state index is 13.2. The number of hydrogen-bond donors (Lipinski definition) is 1. The van der Waals surface area contributed by atoms with Crippen LogP contribution in [0.25, 0.3) is 0 Å². The summed E-state index contributed by atoms with van der Waals surface area (Å²) < 4.78 is 27.5. The highest BCUT2D eigenvalue weighted by Gasteiger charge is 2.28. The van der Waals surface area contributed by atoms with Crippen molar-refractivity contribution < 1.29 is 8.42 Å². The van der Waals surface area contributed by atoms with E-state index in [1.165, 1.54) is 12.1 Å². The van der Waals surface area contributed by atoms with Gasteiger partial charge >= 0.3 is 0 Å². The Hall–Kier alpha value is -2.21. The summed E-state index contributed by atoms with van der Waals surface area (Å²) in [5.41, 5.74) is 3.99. The van der Waals surface area contributed by atoms with E-state index in [0.29, 0.717) is 11.4 Å². The number of rotatable bonds is 5. The molecular formula is C18H14Cl2N2O2S. The van der Waals surface area contributed by atoms with E-state index >= 15 is 0 Å². The summed E-state index contributed by atoms with van der Waals surface area (Å²) in [5, 5.41) is 0.385. The molecule has 0 saturated carbocycles. The lowest BCUT2D eigenvalue weighted by atomic mass is 10.3. The standard InChI is InChI=1S/C18H14Cl2N2O2S/c19-14-11-12-17(20)18(13-14)25(23,24)22(16-9-5-2-6-10-16)21-15-7-3-1-4-8-15/h1-13,21H. The van der Waals surface area contributed by atoms with E-state index < -0.39 is 10.0 Å². The predicted molar refractivity (Wildman–Crippen MR) is 103 cm³/mol. The molecular weight excluding hydrogens is 379 g/mol. The molecule has 128 valence electrons. The van der Waals surface area contributed by atoms with Crippen LogP contribution in [0.2, 0.25) is 10.0 Å². The molecule has 3 aromatic carbocycles. The van der Waals surface area contributed by atoms with Gasteiger partial charge in [0.1, 0.15) is 4.90 Å². The summed E-state index contributed by atoms with van der Waals surface area (Å²) >= 11 is 12.1. The fraction of sp³-hybridized carbons (Fsp3) is 0. The normalized spacial score (nSPS) is 11.1. The van der Waals surface area contributed by atoms with Gasteiger partial charge in [-0.25, -0.2) is 0 Å². The molecule has 0 aliphatic heterocycles. The Kier molecular flexibility index (Phi) is 5.18. The Balaban J connectivity index is 2.12. The Labute approximate surface area is 156 Å². The predicted octanol–water partition coefficient (Wildman–Crippen LogP) is 5.22. The first-order valence-corrected chi connectivity index (χ1v) is 9.55. The van der Waals surface area contributed by atoms with Crippen LogP contribution in [0, 0.1) is 0 Å². The average molecular weight is 393 g/mol. The first kappa shape index (κ1) is 17.6. The second kappa shape index (κ2) is 7.35. The van der Waals surface area contributed by atoms with E-state index in [1.54, 1.807) is 42.5 Å². The zero-order valence-corrected chi connectivity index (χ0v) is 15.3. The van der Waals surface area contributed by atoms with Gasteiger partial charge in [-0.2, -0.15) is 12.8 Å². The van der Waals surface area contributed by atoms with E-state index in [2.05, 4.69) is 5.43 Å². The van der Waals surface area contributed by atoms with Crippen molar-refractivity contribution in [3.05, 3.63) is 88.9 Å². The Morgan fingerprint density at radius 2 is 1.40 bits per heavy atom. The minimum Gasteiger partial charge on any atom is -0.284 e. The largest absolute Gasteiger partial charge is 0.284 e. The highest BCUT2D eigenvalue weighted by Crippen LogP contribution is 2.30. The molecule has 0 radical (unpaired) electrons. The lowest BCUT2D eigenvalue weighted by Crippen LogP contribution is -2.36. The molecule has 1 N–H and O–H groups in total. The minimum atomic E-state index is -4.00. The van der Waals surface area contributed by atoms with Gasteiger partial charge in [-0.15, -0.1) is 0 Å². The first-order valence-electron chi connectivity index (χ1n) is 7.35. The van der Waals surface area contributed by atoms with E-state index in [9.17, 15) is 8.42 Å². The molecule has 0 spiro atoms. The van der Waals surface area contributed by atoms with Crippen molar-refractivity contribution in [3.8, 4) is 0 Å². The summed E-state index contributed by atoms with van der Waals surface area (Å²) in [6.07, 6.45) is 0. The quantitative estimate of drug-likeness (QED) is 0.605. The third kappa shape index (κ3) is 3.90. The van der Waals surface area contributed by atoms with E-state index in [4.69, 9.17) is 23.2 Å². The van der Waals surface area contributed by atoms with Crippen LogP contribution in [0.3, 0.4) is 0 Å². The molecule has 0 amide bonds. The van der Waals surface area contributed by atoms with Gasteiger partial charge in [-0.3, -0.25) is 5.43 Å². The Morgan fingerprint density at radius 3 is 2.04 bits per heavy atom. The lowest BCUT2D eigenvalue weighted by Gasteiger charge is -2.26. The van der Waals surface area contributed by atoms with Gasteiger partial charge in [0.25, 0.3) is 10.0 Å². The monoisotopic (exact) mass is 392 g/mol. The van der Waals surface area contributed by atoms with Gasteiger partial charge in [-0.05, 0) is 42.5 Å². The van der Waals surface area contributed by atoms with Gasteiger partial charge < -0.3 is 0 Å². The van der Waals surface area contributed by atoms with Crippen molar-refractivity contribution in [3.63, 3.8) is 0 Å². The molecule has 4 nitrogen and oxygen atoms in total. The van der Waals surface area contributed by atoms with Gasteiger partial charge in [0.15, 0.2) is 0 Å². The number of hydrazine groups is 1. The second-order valence-electron chi connectivity index (χ2n) is 5.16. The van der Waals surface area contributed by atoms with Crippen LogP contribution in [0.15, 0.2) is 83.8 Å². The molecule has 25 heavy (non-hydrogen) atoms. The fourth-order valence-electron chi connectivity index (χ4n) is 2.23. The van der Waals surface area contributed by atoms with Crippen LogP contribution < -0.4 is 9.84 Å². The zero-order valence-electron chi connectivity index (χ0n) is 12.9. The number of anilines is 2. The fourth-order valence-corrected chi connectivity index (χ4v) is 4.29. The Bertz CT molecular complexity index is 965. The molecule has 0 atom stereocenters. The molecule has 0 aromatic heterocycles. The number of hydrogen-bond acceptors (Lipinski definition) is 3. The zero-order chi connectivity index (χ0) is 17.9. The molecule has 0 unspecified atom stereocenters. The summed E-state index contributed by atoms with van der Waals surface area (Å²) in [5.74, 6) is 0. The van der Waals surface area contributed by atoms with Crippen molar-refractivity contribution in [2.45, 2.75) is 4.90 Å². The number of para-hydroxylation sites is 2. The molecule has 0 aliphatic carbocycles. The lowest BCUT2D eigenvalue weighted by molar-refractivity contribution is 0.594. The van der Waals surface area contributed by atoms with Crippen LogP contribution in [0.5, 0.6) is 0 Å². The minimum absolute atomic E-state index is 0.0750. The second-order valence-corrected chi connectivity index (χ2v) is 7.76. The maximum Gasteiger partial charge on any atom is 0.283 e. The molecule has 3 aromatic rings. The van der Waals surface area contributed by atoms with Gasteiger partial charge in [-0.1, -0.05) is 59.6 Å². The van der Waals surface area contributed by atoms with Crippen molar-refractivity contribution in [1.82, 2.24) is 0 Å². The summed E-state index contributed by atoms with van der Waals surface area (Å²) in [7, 11) is -4.00. The number of nitrogens with zero attached hydrogens (tertiary/aromatic N) is 1. The van der Waals surface area contributed by atoms with Crippen molar-refractivity contribution >= 4 is 44.6 Å². The highest BCUT2D eigenvalue weighted by atomic mass is 35.5. The van der Waals surface area contributed by atoms with Crippen LogP contribution in [0.1, 0.15) is 0 Å². The van der Waals surface area contributed by atoms with Crippen LogP contribution in [-0.4, -0.2) is 8.42 Å². The van der Waals surface area contributed by atoms with Crippen LogP contribution in [-0.2, 0) is 10.0 Å². The SMILES string of the molecule is O=S(=O)(c1cc(Cl)ccc1Cl)N(Nc1ccccc1)c1ccccc1. The van der Waals surface area contributed by atoms with Crippen LogP contribution >= 0.6 is 23.2 Å². The number of nitrogens with one attached hydrogen (secondary N) is 1. The van der Waals surface area contributed by atoms with Gasteiger partial charge in [0.2, 0.25) is 0 Å². The molecule has 0 heterocycles. The molecule has 0 aliphatic rings. The molecule has 0 fully saturated rings. The van der Waals surface area contributed by atoms with Crippen LogP contribution in [0.4, 0.5) is 11.4 Å². The van der Waals surface area contributed by atoms with E-state index in [0.717, 1.165) is 4.41 Å². The van der Waals surface area contributed by atoms with E-state index in [1.807, 2.05) is 24.3 Å².